The first-order chi connectivity index (χ1) is 8.31. The van der Waals surface area contributed by atoms with Crippen molar-refractivity contribution in [1.82, 2.24) is 0 Å². The SMILES string of the molecule is C=C(C)C(=O)OC12CCCCC1OC(=O)C2(C)C. The molecule has 1 heterocycles. The molecule has 1 aliphatic heterocycles. The highest BCUT2D eigenvalue weighted by Crippen LogP contribution is 2.52. The zero-order valence-electron chi connectivity index (χ0n) is 11.2. The molecule has 0 spiro atoms. The van der Waals surface area contributed by atoms with Crippen molar-refractivity contribution in [2.24, 2.45) is 5.41 Å². The fraction of sp³-hybridized carbons (Fsp3) is 0.714. The van der Waals surface area contributed by atoms with Crippen LogP contribution in [-0.4, -0.2) is 23.6 Å². The van der Waals surface area contributed by atoms with E-state index in [0.717, 1.165) is 19.3 Å². The third-order valence-corrected chi connectivity index (χ3v) is 4.23. The highest BCUT2D eigenvalue weighted by atomic mass is 16.6. The molecular formula is C14H20O4. The van der Waals surface area contributed by atoms with Crippen LogP contribution >= 0.6 is 0 Å². The molecule has 2 aliphatic rings. The Hall–Kier alpha value is -1.32. The molecule has 1 saturated heterocycles. The van der Waals surface area contributed by atoms with Crippen molar-refractivity contribution < 1.29 is 19.1 Å². The fourth-order valence-electron chi connectivity index (χ4n) is 2.93. The topological polar surface area (TPSA) is 52.6 Å². The maximum atomic E-state index is 12.0. The molecule has 0 bridgehead atoms. The van der Waals surface area contributed by atoms with E-state index in [4.69, 9.17) is 9.47 Å². The van der Waals surface area contributed by atoms with Gasteiger partial charge in [0.15, 0.2) is 5.60 Å². The maximum absolute atomic E-state index is 12.0. The van der Waals surface area contributed by atoms with Crippen molar-refractivity contribution in [3.05, 3.63) is 12.2 Å². The standard InChI is InChI=1S/C14H20O4/c1-9(2)11(15)18-14-8-6-5-7-10(14)17-12(16)13(14,3)4/h10H,1,5-8H2,2-4H3. The Morgan fingerprint density at radius 1 is 1.44 bits per heavy atom. The zero-order chi connectivity index (χ0) is 13.6. The molecule has 1 aliphatic carbocycles. The quantitative estimate of drug-likeness (QED) is 0.559. The summed E-state index contributed by atoms with van der Waals surface area (Å²) in [7, 11) is 0. The van der Waals surface area contributed by atoms with Gasteiger partial charge in [0.1, 0.15) is 11.5 Å². The Morgan fingerprint density at radius 2 is 2.11 bits per heavy atom. The van der Waals surface area contributed by atoms with Crippen LogP contribution in [0.5, 0.6) is 0 Å². The normalized spacial score (nSPS) is 33.5. The van der Waals surface area contributed by atoms with Gasteiger partial charge >= 0.3 is 11.9 Å². The second kappa shape index (κ2) is 4.11. The Labute approximate surface area is 107 Å². The zero-order valence-corrected chi connectivity index (χ0v) is 11.2. The number of fused-ring (bicyclic) bond motifs is 1. The summed E-state index contributed by atoms with van der Waals surface area (Å²) in [5.74, 6) is -0.711. The Kier molecular flexibility index (Phi) is 2.99. The molecule has 2 atom stereocenters. The first-order valence-corrected chi connectivity index (χ1v) is 6.41. The molecule has 0 amide bonds. The fourth-order valence-corrected chi connectivity index (χ4v) is 2.93. The van der Waals surface area contributed by atoms with Gasteiger partial charge in [-0.3, -0.25) is 4.79 Å². The van der Waals surface area contributed by atoms with Gasteiger partial charge < -0.3 is 9.47 Å². The average molecular weight is 252 g/mol. The van der Waals surface area contributed by atoms with Gasteiger partial charge in [-0.05, 0) is 46.5 Å². The number of carbonyl (C=O) groups is 2. The summed E-state index contributed by atoms with van der Waals surface area (Å²) in [4.78, 5) is 23.8. The first kappa shape index (κ1) is 13.1. The maximum Gasteiger partial charge on any atom is 0.333 e. The Morgan fingerprint density at radius 3 is 2.72 bits per heavy atom. The van der Waals surface area contributed by atoms with Crippen LogP contribution in [0.3, 0.4) is 0 Å². The van der Waals surface area contributed by atoms with Crippen LogP contribution in [-0.2, 0) is 19.1 Å². The van der Waals surface area contributed by atoms with Crippen molar-refractivity contribution in [1.29, 1.82) is 0 Å². The van der Waals surface area contributed by atoms with E-state index in [-0.39, 0.29) is 12.1 Å². The summed E-state index contributed by atoms with van der Waals surface area (Å²) in [6.07, 6.45) is 3.08. The molecule has 0 aromatic rings. The minimum absolute atomic E-state index is 0.274. The molecule has 0 radical (unpaired) electrons. The molecule has 18 heavy (non-hydrogen) atoms. The van der Waals surface area contributed by atoms with Crippen molar-refractivity contribution in [3.63, 3.8) is 0 Å². The van der Waals surface area contributed by atoms with Crippen molar-refractivity contribution in [3.8, 4) is 0 Å². The van der Waals surface area contributed by atoms with Crippen LogP contribution in [0.2, 0.25) is 0 Å². The van der Waals surface area contributed by atoms with Gasteiger partial charge in [-0.25, -0.2) is 4.79 Å². The monoisotopic (exact) mass is 252 g/mol. The number of hydrogen-bond donors (Lipinski definition) is 0. The molecule has 100 valence electrons. The third-order valence-electron chi connectivity index (χ3n) is 4.23. The molecule has 2 unspecified atom stereocenters. The average Bonchev–Trinajstić information content (AvgIpc) is 2.48. The summed E-state index contributed by atoms with van der Waals surface area (Å²) in [6, 6.07) is 0. The lowest BCUT2D eigenvalue weighted by molar-refractivity contribution is -0.177. The summed E-state index contributed by atoms with van der Waals surface area (Å²) in [5, 5.41) is 0. The number of carbonyl (C=O) groups excluding carboxylic acids is 2. The summed E-state index contributed by atoms with van der Waals surface area (Å²) in [5.41, 5.74) is -1.26. The summed E-state index contributed by atoms with van der Waals surface area (Å²) in [6.45, 7) is 8.81. The second-order valence-corrected chi connectivity index (χ2v) is 5.82. The third kappa shape index (κ3) is 1.66. The smallest absolute Gasteiger partial charge is 0.333 e. The molecule has 4 heteroatoms. The van der Waals surface area contributed by atoms with Gasteiger partial charge in [0.2, 0.25) is 0 Å². The minimum atomic E-state index is -0.821. The van der Waals surface area contributed by atoms with E-state index in [2.05, 4.69) is 6.58 Å². The Balaban J connectivity index is 2.37. The second-order valence-electron chi connectivity index (χ2n) is 5.82. The van der Waals surface area contributed by atoms with Crippen LogP contribution in [0.15, 0.2) is 12.2 Å². The molecule has 0 aromatic heterocycles. The predicted octanol–water partition coefficient (Wildman–Crippen LogP) is 2.37. The summed E-state index contributed by atoms with van der Waals surface area (Å²) < 4.78 is 11.1. The molecular weight excluding hydrogens is 232 g/mol. The number of esters is 2. The van der Waals surface area contributed by atoms with Gasteiger partial charge in [0, 0.05) is 5.57 Å². The Bertz CT molecular complexity index is 410. The lowest BCUT2D eigenvalue weighted by Gasteiger charge is -2.42. The highest BCUT2D eigenvalue weighted by molar-refractivity contribution is 5.89. The van der Waals surface area contributed by atoms with Gasteiger partial charge in [-0.1, -0.05) is 6.58 Å². The highest BCUT2D eigenvalue weighted by Gasteiger charge is 2.66. The van der Waals surface area contributed by atoms with Crippen LogP contribution in [0, 0.1) is 5.41 Å². The summed E-state index contributed by atoms with van der Waals surface area (Å²) >= 11 is 0. The van der Waals surface area contributed by atoms with E-state index >= 15 is 0 Å². The van der Waals surface area contributed by atoms with Crippen molar-refractivity contribution in [2.45, 2.75) is 58.2 Å². The minimum Gasteiger partial charge on any atom is -0.458 e. The lowest BCUT2D eigenvalue weighted by Crippen LogP contribution is -2.54. The predicted molar refractivity (Wildman–Crippen MR) is 65.8 cm³/mol. The van der Waals surface area contributed by atoms with E-state index in [9.17, 15) is 9.59 Å². The van der Waals surface area contributed by atoms with E-state index < -0.39 is 17.0 Å². The number of rotatable bonds is 2. The molecule has 4 nitrogen and oxygen atoms in total. The molecule has 2 rings (SSSR count). The largest absolute Gasteiger partial charge is 0.458 e. The lowest BCUT2D eigenvalue weighted by atomic mass is 9.67. The van der Waals surface area contributed by atoms with E-state index in [1.807, 2.05) is 0 Å². The van der Waals surface area contributed by atoms with Gasteiger partial charge in [-0.2, -0.15) is 0 Å². The van der Waals surface area contributed by atoms with Crippen LogP contribution < -0.4 is 0 Å². The number of hydrogen-bond acceptors (Lipinski definition) is 4. The molecule has 0 N–H and O–H groups in total. The van der Waals surface area contributed by atoms with Crippen LogP contribution in [0.1, 0.15) is 46.5 Å². The van der Waals surface area contributed by atoms with E-state index in [1.165, 1.54) is 0 Å². The van der Waals surface area contributed by atoms with Crippen molar-refractivity contribution in [2.75, 3.05) is 0 Å². The molecule has 1 saturated carbocycles. The van der Waals surface area contributed by atoms with E-state index in [0.29, 0.717) is 12.0 Å². The van der Waals surface area contributed by atoms with Gasteiger partial charge in [0.05, 0.1) is 0 Å². The van der Waals surface area contributed by atoms with Gasteiger partial charge in [-0.15, -0.1) is 0 Å². The first-order valence-electron chi connectivity index (χ1n) is 6.41. The van der Waals surface area contributed by atoms with E-state index in [1.54, 1.807) is 20.8 Å². The number of ether oxygens (including phenoxy) is 2. The molecule has 2 fully saturated rings. The van der Waals surface area contributed by atoms with Crippen LogP contribution in [0.25, 0.3) is 0 Å². The molecule has 0 aromatic carbocycles. The van der Waals surface area contributed by atoms with Gasteiger partial charge in [0.25, 0.3) is 0 Å². The van der Waals surface area contributed by atoms with Crippen molar-refractivity contribution >= 4 is 11.9 Å². The van der Waals surface area contributed by atoms with Crippen LogP contribution in [0.4, 0.5) is 0 Å².